The van der Waals surface area contributed by atoms with Crippen LogP contribution in [0.15, 0.2) is 48.5 Å². The minimum absolute atomic E-state index is 0.0322. The van der Waals surface area contributed by atoms with Crippen molar-refractivity contribution in [1.29, 1.82) is 0 Å². The number of halogens is 1. The van der Waals surface area contributed by atoms with Crippen LogP contribution < -0.4 is 5.32 Å². The molecule has 0 saturated carbocycles. The van der Waals surface area contributed by atoms with Gasteiger partial charge in [0, 0.05) is 30.0 Å². The minimum atomic E-state index is -0.182. The molecule has 2 amide bonds. The molecule has 150 valence electrons. The minimum Gasteiger partial charge on any atom is -0.378 e. The highest BCUT2D eigenvalue weighted by molar-refractivity contribution is 6.30. The molecule has 0 spiro atoms. The summed E-state index contributed by atoms with van der Waals surface area (Å²) in [6.45, 7) is 2.57. The molecule has 0 radical (unpaired) electrons. The summed E-state index contributed by atoms with van der Waals surface area (Å²) in [7, 11) is 0. The quantitative estimate of drug-likeness (QED) is 0.698. The van der Waals surface area contributed by atoms with E-state index in [1.54, 1.807) is 21.7 Å². The summed E-state index contributed by atoms with van der Waals surface area (Å²) in [6.07, 6.45) is 0. The first kappa shape index (κ1) is 19.4. The fourth-order valence-electron chi connectivity index (χ4n) is 3.32. The lowest BCUT2D eigenvalue weighted by Crippen LogP contribution is -2.41. The number of morpholine rings is 1. The van der Waals surface area contributed by atoms with Crippen molar-refractivity contribution in [3.05, 3.63) is 64.8 Å². The van der Waals surface area contributed by atoms with Crippen molar-refractivity contribution in [2.45, 2.75) is 13.1 Å². The number of carbonyl (C=O) groups is 2. The SMILES string of the molecule is O=C(Cn1nc(C(=O)N2CCOCC2)c2ccccc21)NCc1ccc(Cl)cc1. The summed E-state index contributed by atoms with van der Waals surface area (Å²) in [6, 6.07) is 14.8. The van der Waals surface area contributed by atoms with E-state index in [0.29, 0.717) is 43.6 Å². The van der Waals surface area contributed by atoms with Gasteiger partial charge in [0.15, 0.2) is 5.69 Å². The molecule has 0 bridgehead atoms. The summed E-state index contributed by atoms with van der Waals surface area (Å²) in [5, 5.41) is 8.75. The molecular formula is C21H21ClN4O3. The second-order valence-electron chi connectivity index (χ2n) is 6.83. The van der Waals surface area contributed by atoms with Gasteiger partial charge in [0.2, 0.25) is 5.91 Å². The van der Waals surface area contributed by atoms with Gasteiger partial charge in [-0.2, -0.15) is 5.10 Å². The Bertz CT molecular complexity index is 1030. The summed E-state index contributed by atoms with van der Waals surface area (Å²) in [5.74, 6) is -0.316. The Morgan fingerprint density at radius 1 is 1.07 bits per heavy atom. The molecule has 0 atom stereocenters. The van der Waals surface area contributed by atoms with Gasteiger partial charge in [0.1, 0.15) is 6.54 Å². The van der Waals surface area contributed by atoms with Crippen LogP contribution in [0.4, 0.5) is 0 Å². The van der Waals surface area contributed by atoms with Gasteiger partial charge in [-0.25, -0.2) is 0 Å². The first-order chi connectivity index (χ1) is 14.1. The van der Waals surface area contributed by atoms with E-state index in [2.05, 4.69) is 10.4 Å². The maximum Gasteiger partial charge on any atom is 0.275 e. The smallest absolute Gasteiger partial charge is 0.275 e. The number of benzene rings is 2. The molecule has 0 unspecified atom stereocenters. The molecule has 29 heavy (non-hydrogen) atoms. The number of ether oxygens (including phenoxy) is 1. The third-order valence-electron chi connectivity index (χ3n) is 4.86. The van der Waals surface area contributed by atoms with Gasteiger partial charge >= 0.3 is 0 Å². The van der Waals surface area contributed by atoms with Crippen molar-refractivity contribution in [2.24, 2.45) is 0 Å². The van der Waals surface area contributed by atoms with Crippen LogP contribution in [0.5, 0.6) is 0 Å². The molecule has 7 nitrogen and oxygen atoms in total. The van der Waals surface area contributed by atoms with E-state index in [-0.39, 0.29) is 18.4 Å². The highest BCUT2D eigenvalue weighted by atomic mass is 35.5. The Labute approximate surface area is 173 Å². The number of para-hydroxylation sites is 1. The van der Waals surface area contributed by atoms with E-state index < -0.39 is 0 Å². The Hall–Kier alpha value is -2.90. The molecule has 1 saturated heterocycles. The molecule has 4 rings (SSSR count). The number of carbonyl (C=O) groups excluding carboxylic acids is 2. The van der Waals surface area contributed by atoms with Gasteiger partial charge in [-0.15, -0.1) is 0 Å². The maximum atomic E-state index is 12.9. The van der Waals surface area contributed by atoms with Crippen molar-refractivity contribution in [1.82, 2.24) is 20.0 Å². The Morgan fingerprint density at radius 2 is 1.79 bits per heavy atom. The molecule has 2 aromatic carbocycles. The molecule has 1 aliphatic rings. The van der Waals surface area contributed by atoms with Crippen LogP contribution in [-0.4, -0.2) is 52.8 Å². The number of rotatable bonds is 5. The van der Waals surface area contributed by atoms with Gasteiger partial charge in [-0.05, 0) is 23.8 Å². The standard InChI is InChI=1S/C21H21ClN4O3/c22-16-7-5-15(6-8-16)13-23-19(27)14-26-18-4-2-1-3-17(18)20(24-26)21(28)25-9-11-29-12-10-25/h1-8H,9-14H2,(H,23,27). The van der Waals surface area contributed by atoms with Crippen LogP contribution >= 0.6 is 11.6 Å². The van der Waals surface area contributed by atoms with Gasteiger partial charge in [0.25, 0.3) is 5.91 Å². The van der Waals surface area contributed by atoms with E-state index in [1.165, 1.54) is 0 Å². The van der Waals surface area contributed by atoms with Gasteiger partial charge in [-0.1, -0.05) is 41.9 Å². The molecule has 1 fully saturated rings. The van der Waals surface area contributed by atoms with E-state index >= 15 is 0 Å². The van der Waals surface area contributed by atoms with E-state index in [4.69, 9.17) is 16.3 Å². The predicted molar refractivity (Wildman–Crippen MR) is 110 cm³/mol. The fourth-order valence-corrected chi connectivity index (χ4v) is 3.44. The number of nitrogens with one attached hydrogen (secondary N) is 1. The Morgan fingerprint density at radius 3 is 2.55 bits per heavy atom. The Balaban J connectivity index is 1.50. The molecule has 0 aliphatic carbocycles. The van der Waals surface area contributed by atoms with Crippen molar-refractivity contribution >= 4 is 34.3 Å². The average Bonchev–Trinajstić information content (AvgIpc) is 3.12. The number of aromatic nitrogens is 2. The molecule has 1 aliphatic heterocycles. The zero-order chi connectivity index (χ0) is 20.2. The lowest BCUT2D eigenvalue weighted by atomic mass is 10.2. The normalized spacial score (nSPS) is 14.2. The molecular weight excluding hydrogens is 392 g/mol. The van der Waals surface area contributed by atoms with Crippen molar-refractivity contribution in [3.63, 3.8) is 0 Å². The molecule has 3 aromatic rings. The van der Waals surface area contributed by atoms with Gasteiger partial charge < -0.3 is 15.0 Å². The Kier molecular flexibility index (Phi) is 5.78. The largest absolute Gasteiger partial charge is 0.378 e. The molecule has 2 heterocycles. The van der Waals surface area contributed by atoms with Crippen molar-refractivity contribution < 1.29 is 14.3 Å². The lowest BCUT2D eigenvalue weighted by Gasteiger charge is -2.26. The first-order valence-electron chi connectivity index (χ1n) is 9.45. The maximum absolute atomic E-state index is 12.9. The average molecular weight is 413 g/mol. The van der Waals surface area contributed by atoms with Crippen LogP contribution in [0, 0.1) is 0 Å². The van der Waals surface area contributed by atoms with Gasteiger partial charge in [-0.3, -0.25) is 14.3 Å². The number of hydrogen-bond acceptors (Lipinski definition) is 4. The van der Waals surface area contributed by atoms with Crippen LogP contribution in [-0.2, 0) is 22.6 Å². The van der Waals surface area contributed by atoms with E-state index in [0.717, 1.165) is 16.5 Å². The highest BCUT2D eigenvalue weighted by Crippen LogP contribution is 2.20. The highest BCUT2D eigenvalue weighted by Gasteiger charge is 2.24. The number of amides is 2. The molecule has 8 heteroatoms. The summed E-state index contributed by atoms with van der Waals surface area (Å²) in [4.78, 5) is 27.1. The monoisotopic (exact) mass is 412 g/mol. The topological polar surface area (TPSA) is 76.5 Å². The summed E-state index contributed by atoms with van der Waals surface area (Å²) >= 11 is 5.88. The first-order valence-corrected chi connectivity index (χ1v) is 9.83. The number of fused-ring (bicyclic) bond motifs is 1. The zero-order valence-electron chi connectivity index (χ0n) is 15.8. The lowest BCUT2D eigenvalue weighted by molar-refractivity contribution is -0.121. The number of hydrogen-bond donors (Lipinski definition) is 1. The fraction of sp³-hybridized carbons (Fsp3) is 0.286. The summed E-state index contributed by atoms with van der Waals surface area (Å²) in [5.41, 5.74) is 2.08. The third kappa shape index (κ3) is 4.41. The van der Waals surface area contributed by atoms with Crippen molar-refractivity contribution in [3.8, 4) is 0 Å². The number of nitrogens with zero attached hydrogens (tertiary/aromatic N) is 3. The predicted octanol–water partition coefficient (Wildman–Crippen LogP) is 2.48. The van der Waals surface area contributed by atoms with Crippen LogP contribution in [0.3, 0.4) is 0 Å². The van der Waals surface area contributed by atoms with Crippen molar-refractivity contribution in [2.75, 3.05) is 26.3 Å². The van der Waals surface area contributed by atoms with Crippen LogP contribution in [0.2, 0.25) is 5.02 Å². The van der Waals surface area contributed by atoms with E-state index in [1.807, 2.05) is 36.4 Å². The van der Waals surface area contributed by atoms with Gasteiger partial charge in [0.05, 0.1) is 18.7 Å². The summed E-state index contributed by atoms with van der Waals surface area (Å²) < 4.78 is 6.90. The second kappa shape index (κ2) is 8.63. The second-order valence-corrected chi connectivity index (χ2v) is 7.27. The van der Waals surface area contributed by atoms with Crippen LogP contribution in [0.1, 0.15) is 16.1 Å². The zero-order valence-corrected chi connectivity index (χ0v) is 16.6. The molecule has 1 aromatic heterocycles. The molecule has 1 N–H and O–H groups in total. The van der Waals surface area contributed by atoms with E-state index in [9.17, 15) is 9.59 Å². The van der Waals surface area contributed by atoms with Crippen LogP contribution in [0.25, 0.3) is 10.9 Å². The third-order valence-corrected chi connectivity index (χ3v) is 5.11.